The van der Waals surface area contributed by atoms with E-state index in [1.807, 2.05) is 20.8 Å². The Labute approximate surface area is 180 Å². The van der Waals surface area contributed by atoms with Gasteiger partial charge in [0.15, 0.2) is 0 Å². The van der Waals surface area contributed by atoms with Gasteiger partial charge >= 0.3 is 5.97 Å². The predicted octanol–water partition coefficient (Wildman–Crippen LogP) is 4.50. The number of rotatable bonds is 5. The first-order valence-electron chi connectivity index (χ1n) is 9.89. The second kappa shape index (κ2) is 7.34. The highest BCUT2D eigenvalue weighted by atomic mass is 35.5. The first-order chi connectivity index (χ1) is 13.9. The number of hydrogen-bond donors (Lipinski definition) is 1. The van der Waals surface area contributed by atoms with E-state index in [2.05, 4.69) is 24.3 Å². The third-order valence-electron chi connectivity index (χ3n) is 7.21. The van der Waals surface area contributed by atoms with E-state index in [9.17, 15) is 19.7 Å². The van der Waals surface area contributed by atoms with Crippen molar-refractivity contribution in [3.63, 3.8) is 0 Å². The Morgan fingerprint density at radius 3 is 2.53 bits per heavy atom. The van der Waals surface area contributed by atoms with Crippen molar-refractivity contribution in [2.45, 2.75) is 59.9 Å². The van der Waals surface area contributed by atoms with Gasteiger partial charge in [0, 0.05) is 23.9 Å². The summed E-state index contributed by atoms with van der Waals surface area (Å²) in [4.78, 5) is 41.1. The van der Waals surface area contributed by atoms with Crippen LogP contribution in [-0.2, 0) is 9.63 Å². The molecule has 30 heavy (non-hydrogen) atoms. The Hall–Kier alpha value is -2.48. The van der Waals surface area contributed by atoms with Gasteiger partial charge in [0.05, 0.1) is 21.6 Å². The first kappa shape index (κ1) is 22.2. The summed E-state index contributed by atoms with van der Waals surface area (Å²) in [5.74, 6) is -0.816. The molecule has 3 rings (SSSR count). The quantitative estimate of drug-likeness (QED) is 0.415. The molecule has 0 aromatic heterocycles. The van der Waals surface area contributed by atoms with Gasteiger partial charge in [0.25, 0.3) is 5.69 Å². The molecule has 1 amide bonds. The van der Waals surface area contributed by atoms with Gasteiger partial charge in [-0.05, 0) is 44.2 Å². The molecule has 1 aromatic rings. The minimum atomic E-state index is -0.813. The zero-order chi connectivity index (χ0) is 22.5. The van der Waals surface area contributed by atoms with Gasteiger partial charge in [-0.3, -0.25) is 14.9 Å². The lowest BCUT2D eigenvalue weighted by molar-refractivity contribution is -0.384. The molecule has 162 valence electrons. The smallest absolute Gasteiger partial charge is 0.353 e. The van der Waals surface area contributed by atoms with Gasteiger partial charge in [0.2, 0.25) is 5.91 Å². The summed E-state index contributed by atoms with van der Waals surface area (Å²) in [5.41, 5.74) is -1.12. The van der Waals surface area contributed by atoms with Gasteiger partial charge < -0.3 is 10.2 Å². The van der Waals surface area contributed by atoms with E-state index < -0.39 is 21.7 Å². The van der Waals surface area contributed by atoms with Crippen molar-refractivity contribution in [2.24, 2.45) is 21.4 Å². The lowest BCUT2D eigenvalue weighted by Gasteiger charge is -2.39. The van der Waals surface area contributed by atoms with Gasteiger partial charge in [-0.2, -0.15) is 0 Å². The Kier molecular flexibility index (Phi) is 5.43. The van der Waals surface area contributed by atoms with Crippen molar-refractivity contribution in [2.75, 3.05) is 0 Å². The fourth-order valence-electron chi connectivity index (χ4n) is 4.85. The van der Waals surface area contributed by atoms with Gasteiger partial charge in [-0.1, -0.05) is 37.5 Å². The molecular formula is C21H26ClN3O5. The summed E-state index contributed by atoms with van der Waals surface area (Å²) in [6.45, 7) is 10.0. The van der Waals surface area contributed by atoms with Crippen LogP contribution in [0.5, 0.6) is 0 Å². The summed E-state index contributed by atoms with van der Waals surface area (Å²) < 4.78 is 0. The fourth-order valence-corrected chi connectivity index (χ4v) is 5.04. The number of halogens is 1. The number of fused-ring (bicyclic) bond motifs is 2. The lowest BCUT2D eigenvalue weighted by atomic mass is 9.64. The van der Waals surface area contributed by atoms with E-state index in [0.29, 0.717) is 12.1 Å². The average molecular weight is 436 g/mol. The van der Waals surface area contributed by atoms with Gasteiger partial charge in [0.1, 0.15) is 5.02 Å². The third kappa shape index (κ3) is 3.17. The number of nitro benzene ring substituents is 1. The molecule has 0 radical (unpaired) electrons. The molecule has 1 N–H and O–H groups in total. The molecule has 0 spiro atoms. The van der Waals surface area contributed by atoms with Crippen LogP contribution in [0.4, 0.5) is 5.69 Å². The maximum Gasteiger partial charge on any atom is 0.365 e. The summed E-state index contributed by atoms with van der Waals surface area (Å²) in [7, 11) is 0. The highest BCUT2D eigenvalue weighted by Crippen LogP contribution is 2.71. The standard InChI is InChI=1S/C21H26ClN3O5/c1-12(2)23-18(27)21-9-8-20(5,19(21,3)4)16(11-21)24-30-17(26)13-6-7-14(22)15(10-13)25(28)29/h6-7,10,12H,8-9,11H2,1-5H3,(H,23,27). The third-order valence-corrected chi connectivity index (χ3v) is 7.53. The summed E-state index contributed by atoms with van der Waals surface area (Å²) >= 11 is 5.79. The number of benzene rings is 1. The SMILES string of the molecule is CC(C)NC(=O)C12CCC(C)(C(=NOC(=O)c3ccc(Cl)c([N+](=O)[O-])c3)C1)C2(C)C. The molecule has 8 nitrogen and oxygen atoms in total. The van der Waals surface area contributed by atoms with Crippen LogP contribution < -0.4 is 5.32 Å². The highest BCUT2D eigenvalue weighted by molar-refractivity contribution is 6.32. The predicted molar refractivity (Wildman–Crippen MR) is 112 cm³/mol. The first-order valence-corrected chi connectivity index (χ1v) is 10.3. The van der Waals surface area contributed by atoms with Crippen LogP contribution in [0.15, 0.2) is 23.4 Å². The van der Waals surface area contributed by atoms with E-state index in [1.54, 1.807) is 0 Å². The molecule has 0 aliphatic heterocycles. The number of nitrogens with one attached hydrogen (secondary N) is 1. The van der Waals surface area contributed by atoms with E-state index in [4.69, 9.17) is 16.4 Å². The molecule has 2 aliphatic rings. The lowest BCUT2D eigenvalue weighted by Crippen LogP contribution is -2.48. The van der Waals surface area contributed by atoms with Crippen LogP contribution in [0.3, 0.4) is 0 Å². The van der Waals surface area contributed by atoms with Gasteiger partial charge in [-0.25, -0.2) is 4.79 Å². The Balaban J connectivity index is 1.87. The fraction of sp³-hybridized carbons (Fsp3) is 0.571. The van der Waals surface area contributed by atoms with Crippen molar-refractivity contribution in [1.82, 2.24) is 5.32 Å². The van der Waals surface area contributed by atoms with E-state index in [0.717, 1.165) is 18.9 Å². The topological polar surface area (TPSA) is 111 Å². The molecule has 2 aliphatic carbocycles. The minimum Gasteiger partial charge on any atom is -0.353 e. The summed E-state index contributed by atoms with van der Waals surface area (Å²) in [6.07, 6.45) is 1.91. The van der Waals surface area contributed by atoms with Crippen molar-refractivity contribution in [3.8, 4) is 0 Å². The number of amides is 1. The van der Waals surface area contributed by atoms with Crippen LogP contribution in [0, 0.1) is 26.4 Å². The number of carbonyl (C=O) groups is 2. The summed E-state index contributed by atoms with van der Waals surface area (Å²) in [5, 5.41) is 18.1. The van der Waals surface area contributed by atoms with Crippen LogP contribution >= 0.6 is 11.6 Å². The Morgan fingerprint density at radius 2 is 1.93 bits per heavy atom. The monoisotopic (exact) mass is 435 g/mol. The Morgan fingerprint density at radius 1 is 1.27 bits per heavy atom. The zero-order valence-corrected chi connectivity index (χ0v) is 18.5. The zero-order valence-electron chi connectivity index (χ0n) is 17.7. The molecule has 2 saturated carbocycles. The van der Waals surface area contributed by atoms with Crippen LogP contribution in [0.1, 0.15) is 64.2 Å². The molecule has 2 bridgehead atoms. The van der Waals surface area contributed by atoms with Crippen molar-refractivity contribution < 1.29 is 19.3 Å². The number of hydrogen-bond acceptors (Lipinski definition) is 6. The number of carbonyl (C=O) groups excluding carboxylic acids is 2. The Bertz CT molecular complexity index is 958. The van der Waals surface area contributed by atoms with Crippen LogP contribution in [-0.4, -0.2) is 28.6 Å². The van der Waals surface area contributed by atoms with Crippen LogP contribution in [0.2, 0.25) is 5.02 Å². The van der Waals surface area contributed by atoms with Crippen LogP contribution in [0.25, 0.3) is 0 Å². The molecule has 1 aromatic carbocycles. The summed E-state index contributed by atoms with van der Waals surface area (Å²) in [6, 6.07) is 3.71. The normalized spacial score (nSPS) is 28.0. The van der Waals surface area contributed by atoms with Gasteiger partial charge in [-0.15, -0.1) is 0 Å². The second-order valence-electron chi connectivity index (χ2n) is 9.18. The van der Waals surface area contributed by atoms with Crippen molar-refractivity contribution in [3.05, 3.63) is 38.9 Å². The van der Waals surface area contributed by atoms with E-state index in [1.165, 1.54) is 12.1 Å². The van der Waals surface area contributed by atoms with E-state index in [-0.39, 0.29) is 33.6 Å². The minimum absolute atomic E-state index is 0.00363. The molecule has 0 heterocycles. The maximum atomic E-state index is 13.1. The molecule has 2 atom stereocenters. The molecule has 0 saturated heterocycles. The number of oxime groups is 1. The highest BCUT2D eigenvalue weighted by Gasteiger charge is 2.71. The van der Waals surface area contributed by atoms with Crippen molar-refractivity contribution >= 4 is 34.9 Å². The number of nitro groups is 1. The molecule has 9 heteroatoms. The molecule has 2 unspecified atom stereocenters. The number of nitrogens with zero attached hydrogens (tertiary/aromatic N) is 2. The largest absolute Gasteiger partial charge is 0.365 e. The maximum absolute atomic E-state index is 13.1. The molecule has 2 fully saturated rings. The average Bonchev–Trinajstić information content (AvgIpc) is 2.96. The van der Waals surface area contributed by atoms with E-state index >= 15 is 0 Å². The molecular weight excluding hydrogens is 410 g/mol. The van der Waals surface area contributed by atoms with Crippen molar-refractivity contribution in [1.29, 1.82) is 0 Å². The second-order valence-corrected chi connectivity index (χ2v) is 9.59.